The molecule has 1 heterocycles. The number of aliphatic hydroxyl groups is 1. The first-order valence-electron chi connectivity index (χ1n) is 3.94. The number of thioether (sulfide) groups is 1. The molecular formula is C8H14O2S. The number of carbonyl (C=O) groups is 1. The maximum Gasteiger partial charge on any atom is 0.126 e. The lowest BCUT2D eigenvalue weighted by atomic mass is 9.96. The van der Waals surface area contributed by atoms with Crippen LogP contribution in [0, 0.1) is 5.92 Å². The largest absolute Gasteiger partial charge is 0.392 e. The normalized spacial score (nSPS) is 45.4. The van der Waals surface area contributed by atoms with Crippen molar-refractivity contribution in [3.8, 4) is 0 Å². The zero-order valence-corrected chi connectivity index (χ0v) is 7.67. The van der Waals surface area contributed by atoms with Crippen molar-refractivity contribution in [3.05, 3.63) is 0 Å². The van der Waals surface area contributed by atoms with Crippen molar-refractivity contribution in [1.29, 1.82) is 0 Å². The van der Waals surface area contributed by atoms with Crippen LogP contribution in [-0.2, 0) is 4.79 Å². The van der Waals surface area contributed by atoms with E-state index in [4.69, 9.17) is 0 Å². The van der Waals surface area contributed by atoms with Crippen LogP contribution in [0.3, 0.4) is 0 Å². The molecule has 0 aromatic rings. The van der Waals surface area contributed by atoms with Crippen LogP contribution in [0.25, 0.3) is 0 Å². The first-order valence-corrected chi connectivity index (χ1v) is 4.88. The predicted molar refractivity (Wildman–Crippen MR) is 46.7 cm³/mol. The van der Waals surface area contributed by atoms with E-state index >= 15 is 0 Å². The molecule has 0 amide bonds. The molecule has 0 spiro atoms. The van der Waals surface area contributed by atoms with Gasteiger partial charge in [0.05, 0.1) is 12.0 Å². The van der Waals surface area contributed by atoms with Gasteiger partial charge in [-0.1, -0.05) is 13.8 Å². The molecule has 0 radical (unpaired) electrons. The van der Waals surface area contributed by atoms with E-state index in [-0.39, 0.29) is 11.2 Å². The van der Waals surface area contributed by atoms with Crippen molar-refractivity contribution < 1.29 is 9.90 Å². The summed E-state index contributed by atoms with van der Waals surface area (Å²) in [4.78, 5) is 10.5. The minimum atomic E-state index is -0.418. The van der Waals surface area contributed by atoms with E-state index in [0.29, 0.717) is 5.25 Å². The lowest BCUT2D eigenvalue weighted by Crippen LogP contribution is -2.37. The summed E-state index contributed by atoms with van der Waals surface area (Å²) >= 11 is 1.79. The molecule has 11 heavy (non-hydrogen) atoms. The van der Waals surface area contributed by atoms with Gasteiger partial charge < -0.3 is 9.90 Å². The van der Waals surface area contributed by atoms with Crippen molar-refractivity contribution in [2.24, 2.45) is 5.92 Å². The second-order valence-electron chi connectivity index (χ2n) is 3.17. The van der Waals surface area contributed by atoms with E-state index in [1.165, 1.54) is 0 Å². The molecule has 0 aromatic heterocycles. The zero-order valence-electron chi connectivity index (χ0n) is 6.86. The fourth-order valence-corrected chi connectivity index (χ4v) is 2.99. The van der Waals surface area contributed by atoms with Gasteiger partial charge in [-0.15, -0.1) is 0 Å². The molecule has 1 N–H and O–H groups in total. The SMILES string of the molecule is CC1CC(O)C(C=O)C(C)S1. The summed E-state index contributed by atoms with van der Waals surface area (Å²) in [5.41, 5.74) is 0. The van der Waals surface area contributed by atoms with E-state index in [2.05, 4.69) is 6.92 Å². The van der Waals surface area contributed by atoms with Gasteiger partial charge in [-0.3, -0.25) is 0 Å². The Bertz CT molecular complexity index is 137. The van der Waals surface area contributed by atoms with Gasteiger partial charge in [-0.2, -0.15) is 11.8 Å². The van der Waals surface area contributed by atoms with Crippen molar-refractivity contribution in [3.63, 3.8) is 0 Å². The summed E-state index contributed by atoms with van der Waals surface area (Å²) in [5.74, 6) is -0.156. The van der Waals surface area contributed by atoms with Crippen LogP contribution in [0.5, 0.6) is 0 Å². The Morgan fingerprint density at radius 2 is 2.18 bits per heavy atom. The predicted octanol–water partition coefficient (Wildman–Crippen LogP) is 1.08. The van der Waals surface area contributed by atoms with Gasteiger partial charge in [-0.05, 0) is 6.42 Å². The second-order valence-corrected chi connectivity index (χ2v) is 4.99. The lowest BCUT2D eigenvalue weighted by Gasteiger charge is -2.32. The van der Waals surface area contributed by atoms with Gasteiger partial charge in [0, 0.05) is 10.5 Å². The van der Waals surface area contributed by atoms with E-state index in [9.17, 15) is 9.90 Å². The Labute approximate surface area is 71.4 Å². The van der Waals surface area contributed by atoms with Gasteiger partial charge in [-0.25, -0.2) is 0 Å². The Morgan fingerprint density at radius 3 is 2.64 bits per heavy atom. The van der Waals surface area contributed by atoms with Gasteiger partial charge in [0.1, 0.15) is 6.29 Å². The number of hydrogen-bond donors (Lipinski definition) is 1. The minimum Gasteiger partial charge on any atom is -0.392 e. The molecular weight excluding hydrogens is 160 g/mol. The second kappa shape index (κ2) is 3.59. The monoisotopic (exact) mass is 174 g/mol. The van der Waals surface area contributed by atoms with Crippen molar-refractivity contribution in [2.75, 3.05) is 0 Å². The fraction of sp³-hybridized carbons (Fsp3) is 0.875. The number of carbonyl (C=O) groups excluding carboxylic acids is 1. The summed E-state index contributed by atoms with van der Waals surface area (Å²) in [6.45, 7) is 4.09. The highest BCUT2D eigenvalue weighted by Gasteiger charge is 2.32. The topological polar surface area (TPSA) is 37.3 Å². The minimum absolute atomic E-state index is 0.156. The van der Waals surface area contributed by atoms with Gasteiger partial charge in [0.25, 0.3) is 0 Å². The third-order valence-corrected chi connectivity index (χ3v) is 3.56. The van der Waals surface area contributed by atoms with Gasteiger partial charge >= 0.3 is 0 Å². The fourth-order valence-electron chi connectivity index (χ4n) is 1.52. The average Bonchev–Trinajstić information content (AvgIpc) is 1.85. The van der Waals surface area contributed by atoms with Crippen LogP contribution in [0.2, 0.25) is 0 Å². The quantitative estimate of drug-likeness (QED) is 0.604. The highest BCUT2D eigenvalue weighted by Crippen LogP contribution is 2.34. The smallest absolute Gasteiger partial charge is 0.126 e. The van der Waals surface area contributed by atoms with Crippen LogP contribution in [0.1, 0.15) is 20.3 Å². The third kappa shape index (κ3) is 1.97. The molecule has 1 aliphatic rings. The number of hydrogen-bond acceptors (Lipinski definition) is 3. The highest BCUT2D eigenvalue weighted by molar-refractivity contribution is 8.00. The zero-order chi connectivity index (χ0) is 8.43. The first-order chi connectivity index (χ1) is 5.15. The van der Waals surface area contributed by atoms with E-state index in [0.717, 1.165) is 12.7 Å². The lowest BCUT2D eigenvalue weighted by molar-refractivity contribution is -0.114. The number of aldehydes is 1. The molecule has 0 aromatic carbocycles. The van der Waals surface area contributed by atoms with Gasteiger partial charge in [0.15, 0.2) is 0 Å². The number of rotatable bonds is 1. The Hall–Kier alpha value is -0.0200. The van der Waals surface area contributed by atoms with Crippen molar-refractivity contribution in [1.82, 2.24) is 0 Å². The molecule has 64 valence electrons. The highest BCUT2D eigenvalue weighted by atomic mass is 32.2. The molecule has 0 aliphatic carbocycles. The third-order valence-electron chi connectivity index (χ3n) is 2.16. The molecule has 1 rings (SSSR count). The van der Waals surface area contributed by atoms with Crippen LogP contribution >= 0.6 is 11.8 Å². The summed E-state index contributed by atoms with van der Waals surface area (Å²) in [6, 6.07) is 0. The summed E-state index contributed by atoms with van der Waals surface area (Å²) in [7, 11) is 0. The van der Waals surface area contributed by atoms with Gasteiger partial charge in [0.2, 0.25) is 0 Å². The Kier molecular flexibility index (Phi) is 2.96. The molecule has 0 saturated carbocycles. The van der Waals surface area contributed by atoms with E-state index < -0.39 is 6.10 Å². The molecule has 2 nitrogen and oxygen atoms in total. The summed E-state index contributed by atoms with van der Waals surface area (Å²) < 4.78 is 0. The van der Waals surface area contributed by atoms with Crippen LogP contribution in [0.4, 0.5) is 0 Å². The van der Waals surface area contributed by atoms with Crippen LogP contribution in [0.15, 0.2) is 0 Å². The first kappa shape index (κ1) is 9.07. The van der Waals surface area contributed by atoms with Crippen LogP contribution < -0.4 is 0 Å². The standard InChI is InChI=1S/C8H14O2S/c1-5-3-8(10)7(4-9)6(2)11-5/h4-8,10H,3H2,1-2H3. The van der Waals surface area contributed by atoms with Crippen molar-refractivity contribution >= 4 is 18.0 Å². The van der Waals surface area contributed by atoms with Crippen molar-refractivity contribution in [2.45, 2.75) is 36.9 Å². The Morgan fingerprint density at radius 1 is 1.55 bits per heavy atom. The molecule has 3 heteroatoms. The van der Waals surface area contributed by atoms with E-state index in [1.54, 1.807) is 11.8 Å². The molecule has 1 fully saturated rings. The van der Waals surface area contributed by atoms with E-state index in [1.807, 2.05) is 6.92 Å². The molecule has 4 atom stereocenters. The molecule has 4 unspecified atom stereocenters. The molecule has 1 saturated heterocycles. The summed E-state index contributed by atoms with van der Waals surface area (Å²) in [5, 5.41) is 10.2. The maximum absolute atomic E-state index is 10.5. The molecule has 1 aliphatic heterocycles. The Balaban J connectivity index is 2.58. The van der Waals surface area contributed by atoms with Crippen LogP contribution in [-0.4, -0.2) is 28.0 Å². The number of aliphatic hydroxyl groups excluding tert-OH is 1. The summed E-state index contributed by atoms with van der Waals surface area (Å²) in [6.07, 6.45) is 1.21. The average molecular weight is 174 g/mol. The molecule has 0 bridgehead atoms. The maximum atomic E-state index is 10.5.